The number of aliphatic carboxylic acids is 1. The van der Waals surface area contributed by atoms with Crippen LogP contribution in [0.4, 0.5) is 5.69 Å². The van der Waals surface area contributed by atoms with E-state index < -0.39 is 5.97 Å². The summed E-state index contributed by atoms with van der Waals surface area (Å²) >= 11 is 1.34. The molecule has 1 aromatic carbocycles. The van der Waals surface area contributed by atoms with E-state index in [-0.39, 0.29) is 11.7 Å². The molecule has 0 atom stereocenters. The Labute approximate surface area is 111 Å². The van der Waals surface area contributed by atoms with Crippen LogP contribution in [0.2, 0.25) is 0 Å². The maximum Gasteiger partial charge on any atom is 0.313 e. The van der Waals surface area contributed by atoms with Gasteiger partial charge in [-0.3, -0.25) is 9.59 Å². The molecule has 0 heterocycles. The van der Waals surface area contributed by atoms with E-state index in [9.17, 15) is 9.59 Å². The Morgan fingerprint density at radius 2 is 2.17 bits per heavy atom. The van der Waals surface area contributed by atoms with Crippen LogP contribution in [-0.2, 0) is 15.3 Å². The highest BCUT2D eigenvalue weighted by molar-refractivity contribution is 7.99. The molecule has 0 aliphatic rings. The van der Waals surface area contributed by atoms with Crippen LogP contribution < -0.4 is 5.32 Å². The molecular weight excluding hydrogens is 250 g/mol. The lowest BCUT2D eigenvalue weighted by Crippen LogP contribution is -2.10. The number of carboxylic acids is 1. The number of rotatable bonds is 7. The molecule has 0 saturated heterocycles. The monoisotopic (exact) mass is 267 g/mol. The highest BCUT2D eigenvalue weighted by Crippen LogP contribution is 2.16. The predicted octanol–water partition coefficient (Wildman–Crippen LogP) is 2.74. The largest absolute Gasteiger partial charge is 0.481 e. The van der Waals surface area contributed by atoms with Crippen LogP contribution in [0.3, 0.4) is 0 Å². The van der Waals surface area contributed by atoms with Gasteiger partial charge in [0.15, 0.2) is 0 Å². The molecule has 0 saturated carbocycles. The summed E-state index contributed by atoms with van der Waals surface area (Å²) in [5.41, 5.74) is 1.78. The quantitative estimate of drug-likeness (QED) is 0.797. The van der Waals surface area contributed by atoms with Gasteiger partial charge in [-0.2, -0.15) is 0 Å². The fraction of sp³-hybridized carbons (Fsp3) is 0.385. The second kappa shape index (κ2) is 7.76. The van der Waals surface area contributed by atoms with Crippen LogP contribution in [0, 0.1) is 0 Å². The van der Waals surface area contributed by atoms with Gasteiger partial charge >= 0.3 is 5.97 Å². The minimum Gasteiger partial charge on any atom is -0.481 e. The zero-order chi connectivity index (χ0) is 13.4. The molecule has 98 valence electrons. The van der Waals surface area contributed by atoms with Crippen LogP contribution in [-0.4, -0.2) is 22.7 Å². The molecule has 0 aromatic heterocycles. The highest BCUT2D eigenvalue weighted by Gasteiger charge is 2.02. The van der Waals surface area contributed by atoms with Crippen molar-refractivity contribution in [2.75, 3.05) is 11.1 Å². The molecular formula is C13H17NO3S. The number of carboxylic acid groups (broad SMARTS) is 1. The Hall–Kier alpha value is -1.49. The van der Waals surface area contributed by atoms with Crippen molar-refractivity contribution in [2.45, 2.75) is 25.5 Å². The van der Waals surface area contributed by atoms with Gasteiger partial charge in [-0.15, -0.1) is 11.8 Å². The Kier molecular flexibility index (Phi) is 6.28. The van der Waals surface area contributed by atoms with Crippen LogP contribution in [0.5, 0.6) is 0 Å². The van der Waals surface area contributed by atoms with Gasteiger partial charge in [0, 0.05) is 17.9 Å². The van der Waals surface area contributed by atoms with Gasteiger partial charge in [-0.05, 0) is 24.1 Å². The summed E-state index contributed by atoms with van der Waals surface area (Å²) in [7, 11) is 0. The number of benzene rings is 1. The summed E-state index contributed by atoms with van der Waals surface area (Å²) in [4.78, 5) is 21.8. The molecule has 4 nitrogen and oxygen atoms in total. The molecule has 1 aromatic rings. The number of anilines is 1. The fourth-order valence-electron chi connectivity index (χ4n) is 1.45. The summed E-state index contributed by atoms with van der Waals surface area (Å²) in [6.07, 6.45) is 1.33. The number of nitrogens with one attached hydrogen (secondary N) is 1. The molecule has 0 aliphatic heterocycles. The van der Waals surface area contributed by atoms with E-state index in [2.05, 4.69) is 5.32 Å². The van der Waals surface area contributed by atoms with Gasteiger partial charge in [0.1, 0.15) is 0 Å². The Balaban J connectivity index is 2.51. The van der Waals surface area contributed by atoms with E-state index in [0.29, 0.717) is 12.2 Å². The molecule has 5 heteroatoms. The van der Waals surface area contributed by atoms with Gasteiger partial charge in [0.2, 0.25) is 5.91 Å². The normalized spacial score (nSPS) is 10.1. The molecule has 2 N–H and O–H groups in total. The van der Waals surface area contributed by atoms with E-state index in [4.69, 9.17) is 5.11 Å². The lowest BCUT2D eigenvalue weighted by atomic mass is 10.2. The van der Waals surface area contributed by atoms with Crippen molar-refractivity contribution >= 4 is 29.3 Å². The third-order valence-corrected chi connectivity index (χ3v) is 3.17. The Morgan fingerprint density at radius 3 is 2.83 bits per heavy atom. The van der Waals surface area contributed by atoms with Gasteiger partial charge in [0.25, 0.3) is 0 Å². The predicted molar refractivity (Wildman–Crippen MR) is 73.8 cm³/mol. The van der Waals surface area contributed by atoms with Crippen molar-refractivity contribution < 1.29 is 14.7 Å². The van der Waals surface area contributed by atoms with E-state index in [1.807, 2.05) is 31.2 Å². The highest BCUT2D eigenvalue weighted by atomic mass is 32.2. The summed E-state index contributed by atoms with van der Waals surface area (Å²) < 4.78 is 0. The van der Waals surface area contributed by atoms with Gasteiger partial charge in [-0.1, -0.05) is 19.1 Å². The zero-order valence-corrected chi connectivity index (χ0v) is 11.1. The van der Waals surface area contributed by atoms with E-state index >= 15 is 0 Å². The average Bonchev–Trinajstić information content (AvgIpc) is 2.29. The van der Waals surface area contributed by atoms with Crippen molar-refractivity contribution in [2.24, 2.45) is 0 Å². The molecule has 0 bridgehead atoms. The van der Waals surface area contributed by atoms with Crippen LogP contribution in [0.25, 0.3) is 0 Å². The molecule has 0 aliphatic carbocycles. The maximum atomic E-state index is 11.4. The fourth-order valence-corrected chi connectivity index (χ4v) is 2.14. The molecule has 0 radical (unpaired) electrons. The minimum absolute atomic E-state index is 0.00726. The summed E-state index contributed by atoms with van der Waals surface area (Å²) in [6, 6.07) is 7.49. The minimum atomic E-state index is -0.813. The number of thioether (sulfide) groups is 1. The average molecular weight is 267 g/mol. The van der Waals surface area contributed by atoms with E-state index in [0.717, 1.165) is 17.7 Å². The standard InChI is InChI=1S/C13H17NO3S/c1-2-4-12(15)14-11-6-3-5-10(7-11)8-18-9-13(16)17/h3,5-7H,2,4,8-9H2,1H3,(H,14,15)(H,16,17). The number of carbonyl (C=O) groups excluding carboxylic acids is 1. The van der Waals surface area contributed by atoms with E-state index in [1.165, 1.54) is 11.8 Å². The first kappa shape index (κ1) is 14.6. The Morgan fingerprint density at radius 1 is 1.39 bits per heavy atom. The first-order valence-electron chi connectivity index (χ1n) is 5.80. The first-order valence-corrected chi connectivity index (χ1v) is 6.95. The number of amides is 1. The van der Waals surface area contributed by atoms with Crippen molar-refractivity contribution in [1.82, 2.24) is 0 Å². The molecule has 1 amide bonds. The molecule has 0 unspecified atom stereocenters. The van der Waals surface area contributed by atoms with Gasteiger partial charge < -0.3 is 10.4 Å². The smallest absolute Gasteiger partial charge is 0.313 e. The second-order valence-corrected chi connectivity index (χ2v) is 4.87. The van der Waals surface area contributed by atoms with Gasteiger partial charge in [0.05, 0.1) is 5.75 Å². The SMILES string of the molecule is CCCC(=O)Nc1cccc(CSCC(=O)O)c1. The zero-order valence-electron chi connectivity index (χ0n) is 10.3. The molecule has 1 rings (SSSR count). The number of hydrogen-bond acceptors (Lipinski definition) is 3. The maximum absolute atomic E-state index is 11.4. The summed E-state index contributed by atoms with van der Waals surface area (Å²) in [6.45, 7) is 1.96. The van der Waals surface area contributed by atoms with Crippen LogP contribution >= 0.6 is 11.8 Å². The molecule has 18 heavy (non-hydrogen) atoms. The topological polar surface area (TPSA) is 66.4 Å². The summed E-state index contributed by atoms with van der Waals surface area (Å²) in [5.74, 6) is -0.0869. The van der Waals surface area contributed by atoms with Crippen molar-refractivity contribution in [3.8, 4) is 0 Å². The summed E-state index contributed by atoms with van der Waals surface area (Å²) in [5, 5.41) is 11.4. The second-order valence-electron chi connectivity index (χ2n) is 3.89. The van der Waals surface area contributed by atoms with Crippen molar-refractivity contribution in [1.29, 1.82) is 0 Å². The number of carbonyl (C=O) groups is 2. The lowest BCUT2D eigenvalue weighted by molar-refractivity contribution is -0.133. The van der Waals surface area contributed by atoms with E-state index in [1.54, 1.807) is 0 Å². The molecule has 0 fully saturated rings. The third-order valence-electron chi connectivity index (χ3n) is 2.18. The van der Waals surface area contributed by atoms with Crippen molar-refractivity contribution in [3.05, 3.63) is 29.8 Å². The number of hydrogen-bond donors (Lipinski definition) is 2. The third kappa shape index (κ3) is 5.72. The Bertz CT molecular complexity index is 420. The van der Waals surface area contributed by atoms with Crippen LogP contribution in [0.15, 0.2) is 24.3 Å². The molecule has 0 spiro atoms. The van der Waals surface area contributed by atoms with Gasteiger partial charge in [-0.25, -0.2) is 0 Å². The van der Waals surface area contributed by atoms with Crippen LogP contribution in [0.1, 0.15) is 25.3 Å². The first-order chi connectivity index (χ1) is 8.61. The van der Waals surface area contributed by atoms with Crippen molar-refractivity contribution in [3.63, 3.8) is 0 Å². The lowest BCUT2D eigenvalue weighted by Gasteiger charge is -2.06.